The van der Waals surface area contributed by atoms with Gasteiger partial charge in [-0.15, -0.1) is 0 Å². The Morgan fingerprint density at radius 1 is 1.33 bits per heavy atom. The highest BCUT2D eigenvalue weighted by Crippen LogP contribution is 2.59. The van der Waals surface area contributed by atoms with Crippen molar-refractivity contribution in [2.75, 3.05) is 12.4 Å². The molecule has 0 saturated heterocycles. The summed E-state index contributed by atoms with van der Waals surface area (Å²) in [5.41, 5.74) is 1.33. The zero-order chi connectivity index (χ0) is 18.3. The maximum absolute atomic E-state index is 12.6. The number of carbonyl (C=O) groups excluding carboxylic acids is 1. The molecule has 132 valence electrons. The van der Waals surface area contributed by atoms with Crippen LogP contribution in [0.4, 0.5) is 5.69 Å². The zero-order valence-electron chi connectivity index (χ0n) is 14.6. The Bertz CT molecular complexity index is 793. The molecule has 0 spiro atoms. The van der Waals surface area contributed by atoms with Gasteiger partial charge in [0.25, 0.3) is 0 Å². The average Bonchev–Trinajstić information content (AvgIpc) is 2.97. The largest absolute Gasteiger partial charge is 0.495 e. The van der Waals surface area contributed by atoms with E-state index in [1.807, 2.05) is 27.7 Å². The number of carbonyl (C=O) groups is 1. The number of hydrogen-bond donors (Lipinski definition) is 2. The standard InChI is InChI=1S/C17H24N2O4S/c1-10(2)8-12-15(17(12,3)4)16(20)19-13-9-11(24(18,21)22)6-7-14(13)23-5/h6-9,12,15H,1-5H3,(H,19,20)(H2,18,21,22). The first kappa shape index (κ1) is 18.5. The normalized spacial score (nSPS) is 21.8. The van der Waals surface area contributed by atoms with Crippen LogP contribution in [0, 0.1) is 17.3 Å². The van der Waals surface area contributed by atoms with Gasteiger partial charge in [0.1, 0.15) is 5.75 Å². The van der Waals surface area contributed by atoms with Crippen LogP contribution >= 0.6 is 0 Å². The molecule has 0 bridgehead atoms. The van der Waals surface area contributed by atoms with E-state index in [4.69, 9.17) is 9.88 Å². The molecule has 2 rings (SSSR count). The van der Waals surface area contributed by atoms with E-state index in [0.29, 0.717) is 11.4 Å². The van der Waals surface area contributed by atoms with Gasteiger partial charge < -0.3 is 10.1 Å². The molecule has 24 heavy (non-hydrogen) atoms. The fourth-order valence-electron chi connectivity index (χ4n) is 3.02. The molecule has 1 fully saturated rings. The topological polar surface area (TPSA) is 98.5 Å². The van der Waals surface area contributed by atoms with Crippen LogP contribution in [0.2, 0.25) is 0 Å². The Labute approximate surface area is 143 Å². The van der Waals surface area contributed by atoms with Crippen molar-refractivity contribution in [2.24, 2.45) is 22.4 Å². The molecule has 1 aliphatic rings. The van der Waals surface area contributed by atoms with Crippen molar-refractivity contribution in [3.8, 4) is 5.75 Å². The van der Waals surface area contributed by atoms with Gasteiger partial charge in [-0.25, -0.2) is 13.6 Å². The molecule has 0 radical (unpaired) electrons. The molecule has 1 saturated carbocycles. The average molecular weight is 352 g/mol. The lowest BCUT2D eigenvalue weighted by Crippen LogP contribution is -2.18. The number of benzene rings is 1. The third-order valence-electron chi connectivity index (χ3n) is 4.46. The highest BCUT2D eigenvalue weighted by molar-refractivity contribution is 7.89. The van der Waals surface area contributed by atoms with Gasteiger partial charge in [-0.1, -0.05) is 25.5 Å². The maximum atomic E-state index is 12.6. The van der Waals surface area contributed by atoms with Crippen LogP contribution < -0.4 is 15.2 Å². The van der Waals surface area contributed by atoms with Crippen molar-refractivity contribution in [1.82, 2.24) is 0 Å². The van der Waals surface area contributed by atoms with Crippen molar-refractivity contribution in [2.45, 2.75) is 32.6 Å². The van der Waals surface area contributed by atoms with Crippen molar-refractivity contribution < 1.29 is 17.9 Å². The van der Waals surface area contributed by atoms with E-state index in [1.165, 1.54) is 25.3 Å². The van der Waals surface area contributed by atoms with Gasteiger partial charge in [0.15, 0.2) is 0 Å². The molecule has 3 N–H and O–H groups in total. The fraction of sp³-hybridized carbons (Fsp3) is 0.471. The van der Waals surface area contributed by atoms with Crippen LogP contribution in [-0.2, 0) is 14.8 Å². The van der Waals surface area contributed by atoms with E-state index in [0.717, 1.165) is 5.57 Å². The van der Waals surface area contributed by atoms with Crippen LogP contribution in [0.3, 0.4) is 0 Å². The van der Waals surface area contributed by atoms with Gasteiger partial charge in [-0.2, -0.15) is 0 Å². The molecule has 7 heteroatoms. The van der Waals surface area contributed by atoms with E-state index in [1.54, 1.807) is 0 Å². The smallest absolute Gasteiger partial charge is 0.238 e. The van der Waals surface area contributed by atoms with Crippen LogP contribution in [0.25, 0.3) is 0 Å². The number of amides is 1. The molecular weight excluding hydrogens is 328 g/mol. The summed E-state index contributed by atoms with van der Waals surface area (Å²) in [6.07, 6.45) is 2.10. The quantitative estimate of drug-likeness (QED) is 0.796. The molecule has 1 aromatic rings. The summed E-state index contributed by atoms with van der Waals surface area (Å²) in [6.45, 7) is 8.09. The number of methoxy groups -OCH3 is 1. The summed E-state index contributed by atoms with van der Waals surface area (Å²) in [5, 5.41) is 7.93. The van der Waals surface area contributed by atoms with Crippen LogP contribution in [-0.4, -0.2) is 21.4 Å². The minimum Gasteiger partial charge on any atom is -0.495 e. The molecule has 2 atom stereocenters. The van der Waals surface area contributed by atoms with Crippen molar-refractivity contribution >= 4 is 21.6 Å². The van der Waals surface area contributed by atoms with Gasteiger partial charge in [0.2, 0.25) is 15.9 Å². The van der Waals surface area contributed by atoms with Gasteiger partial charge in [0.05, 0.1) is 23.6 Å². The van der Waals surface area contributed by atoms with Crippen molar-refractivity contribution in [1.29, 1.82) is 0 Å². The van der Waals surface area contributed by atoms with E-state index in [9.17, 15) is 13.2 Å². The van der Waals surface area contributed by atoms with E-state index in [2.05, 4.69) is 11.4 Å². The van der Waals surface area contributed by atoms with Crippen molar-refractivity contribution in [3.05, 3.63) is 29.8 Å². The van der Waals surface area contributed by atoms with Crippen LogP contribution in [0.15, 0.2) is 34.7 Å². The van der Waals surface area contributed by atoms with Gasteiger partial charge in [0, 0.05) is 0 Å². The Hall–Kier alpha value is -1.86. The second kappa shape index (κ2) is 6.22. The van der Waals surface area contributed by atoms with E-state index < -0.39 is 10.0 Å². The first-order valence-electron chi connectivity index (χ1n) is 7.65. The number of rotatable bonds is 5. The van der Waals surface area contributed by atoms with Gasteiger partial charge >= 0.3 is 0 Å². The second-order valence-electron chi connectivity index (χ2n) is 6.97. The van der Waals surface area contributed by atoms with E-state index >= 15 is 0 Å². The molecule has 6 nitrogen and oxygen atoms in total. The Morgan fingerprint density at radius 2 is 1.96 bits per heavy atom. The Morgan fingerprint density at radius 3 is 2.46 bits per heavy atom. The number of primary sulfonamides is 1. The minimum atomic E-state index is -3.86. The predicted octanol–water partition coefficient (Wildman–Crippen LogP) is 2.52. The molecule has 0 aliphatic heterocycles. The number of sulfonamides is 1. The third kappa shape index (κ3) is 3.62. The molecule has 1 aromatic carbocycles. The predicted molar refractivity (Wildman–Crippen MR) is 93.2 cm³/mol. The molecule has 1 amide bonds. The number of hydrogen-bond acceptors (Lipinski definition) is 4. The Kier molecular flexibility index (Phi) is 4.79. The first-order chi connectivity index (χ1) is 11.0. The lowest BCUT2D eigenvalue weighted by molar-refractivity contribution is -0.118. The summed E-state index contributed by atoms with van der Waals surface area (Å²) in [7, 11) is -2.40. The number of allylic oxidation sites excluding steroid dienone is 2. The maximum Gasteiger partial charge on any atom is 0.238 e. The lowest BCUT2D eigenvalue weighted by Gasteiger charge is -2.12. The SMILES string of the molecule is COc1ccc(S(N)(=O)=O)cc1NC(=O)C1C(C=C(C)C)C1(C)C. The highest BCUT2D eigenvalue weighted by Gasteiger charge is 2.60. The number of nitrogens with one attached hydrogen (secondary N) is 1. The third-order valence-corrected chi connectivity index (χ3v) is 5.37. The number of nitrogens with two attached hydrogens (primary N) is 1. The highest BCUT2D eigenvalue weighted by atomic mass is 32.2. The lowest BCUT2D eigenvalue weighted by atomic mass is 10.1. The van der Waals surface area contributed by atoms with Crippen LogP contribution in [0.5, 0.6) is 5.75 Å². The molecule has 2 unspecified atom stereocenters. The van der Waals surface area contributed by atoms with Crippen LogP contribution in [0.1, 0.15) is 27.7 Å². The summed E-state index contributed by atoms with van der Waals surface area (Å²) >= 11 is 0. The second-order valence-corrected chi connectivity index (χ2v) is 8.53. The van der Waals surface area contributed by atoms with Crippen molar-refractivity contribution in [3.63, 3.8) is 0 Å². The molecule has 0 aromatic heterocycles. The number of ether oxygens (including phenoxy) is 1. The summed E-state index contributed by atoms with van der Waals surface area (Å²) < 4.78 is 28.2. The molecule has 1 aliphatic carbocycles. The summed E-state index contributed by atoms with van der Waals surface area (Å²) in [6, 6.07) is 4.13. The Balaban J connectivity index is 2.28. The monoisotopic (exact) mass is 352 g/mol. The first-order valence-corrected chi connectivity index (χ1v) is 9.20. The fourth-order valence-corrected chi connectivity index (χ4v) is 3.56. The summed E-state index contributed by atoms with van der Waals surface area (Å²) in [5.74, 6) is 0.213. The number of anilines is 1. The van der Waals surface area contributed by atoms with E-state index in [-0.39, 0.29) is 28.1 Å². The zero-order valence-corrected chi connectivity index (χ0v) is 15.4. The van der Waals surface area contributed by atoms with Gasteiger partial charge in [-0.05, 0) is 43.4 Å². The minimum absolute atomic E-state index is 0.0745. The van der Waals surface area contributed by atoms with Gasteiger partial charge in [-0.3, -0.25) is 4.79 Å². The molecule has 0 heterocycles. The summed E-state index contributed by atoms with van der Waals surface area (Å²) in [4.78, 5) is 12.6. The molecular formula is C17H24N2O4S.